The highest BCUT2D eigenvalue weighted by Gasteiger charge is 2.20. The predicted molar refractivity (Wildman–Crippen MR) is 74.8 cm³/mol. The van der Waals surface area contributed by atoms with Gasteiger partial charge in [0.15, 0.2) is 0 Å². The Labute approximate surface area is 125 Å². The van der Waals surface area contributed by atoms with E-state index in [1.165, 1.54) is 18.2 Å². The molecule has 1 fully saturated rings. The smallest absolute Gasteiger partial charge is 0.338 e. The van der Waals surface area contributed by atoms with Crippen molar-refractivity contribution in [2.24, 2.45) is 5.14 Å². The fraction of sp³-hybridized carbons (Fsp3) is 0.417. The molecule has 1 aromatic carbocycles. The van der Waals surface area contributed by atoms with Crippen LogP contribution in [0.2, 0.25) is 0 Å². The first-order chi connectivity index (χ1) is 9.38. The molecule has 1 heterocycles. The number of esters is 1. The van der Waals surface area contributed by atoms with Gasteiger partial charge in [0.25, 0.3) is 0 Å². The first-order valence-corrected chi connectivity index (χ1v) is 8.33. The minimum Gasteiger partial charge on any atom is -0.459 e. The van der Waals surface area contributed by atoms with E-state index in [0.29, 0.717) is 11.1 Å². The summed E-state index contributed by atoms with van der Waals surface area (Å²) in [5, 5.41) is 5.07. The van der Waals surface area contributed by atoms with Gasteiger partial charge in [0.05, 0.1) is 16.6 Å². The molecule has 1 atom stereocenters. The molecular weight excluding hydrogens is 350 g/mol. The number of primary sulfonamides is 1. The van der Waals surface area contributed by atoms with Gasteiger partial charge >= 0.3 is 5.97 Å². The van der Waals surface area contributed by atoms with Crippen LogP contribution in [-0.2, 0) is 19.5 Å². The molecule has 20 heavy (non-hydrogen) atoms. The molecule has 0 saturated carbocycles. The largest absolute Gasteiger partial charge is 0.459 e. The van der Waals surface area contributed by atoms with Crippen molar-refractivity contribution in [3.05, 3.63) is 28.2 Å². The number of halogens is 1. The van der Waals surface area contributed by atoms with Gasteiger partial charge in [-0.1, -0.05) is 0 Å². The van der Waals surface area contributed by atoms with Gasteiger partial charge < -0.3 is 9.47 Å². The molecule has 0 aliphatic carbocycles. The zero-order valence-corrected chi connectivity index (χ0v) is 12.9. The quantitative estimate of drug-likeness (QED) is 0.816. The molecule has 1 aromatic rings. The summed E-state index contributed by atoms with van der Waals surface area (Å²) in [5.74, 6) is -0.599. The molecule has 1 aliphatic rings. The topological polar surface area (TPSA) is 95.7 Å². The van der Waals surface area contributed by atoms with E-state index in [4.69, 9.17) is 14.6 Å². The SMILES string of the molecule is NS(=O)(=O)c1cc(C(=O)OCC2CCCO2)ccc1Br. The third-order valence-corrected chi connectivity index (χ3v) is 4.80. The predicted octanol–water partition coefficient (Wildman–Crippen LogP) is 1.43. The lowest BCUT2D eigenvalue weighted by Gasteiger charge is -2.11. The first-order valence-electron chi connectivity index (χ1n) is 5.99. The van der Waals surface area contributed by atoms with Crippen LogP contribution in [0.5, 0.6) is 0 Å². The third-order valence-electron chi connectivity index (χ3n) is 2.90. The molecule has 1 aliphatic heterocycles. The van der Waals surface area contributed by atoms with Crippen molar-refractivity contribution >= 4 is 31.9 Å². The molecule has 6 nitrogen and oxygen atoms in total. The van der Waals surface area contributed by atoms with Crippen LogP contribution < -0.4 is 5.14 Å². The summed E-state index contributed by atoms with van der Waals surface area (Å²) in [7, 11) is -3.90. The van der Waals surface area contributed by atoms with Crippen molar-refractivity contribution < 1.29 is 22.7 Å². The van der Waals surface area contributed by atoms with Crippen LogP contribution in [-0.4, -0.2) is 33.7 Å². The number of nitrogens with two attached hydrogens (primary N) is 1. The Balaban J connectivity index is 2.10. The summed E-state index contributed by atoms with van der Waals surface area (Å²) in [6.07, 6.45) is 1.73. The average molecular weight is 364 g/mol. The number of hydrogen-bond acceptors (Lipinski definition) is 5. The van der Waals surface area contributed by atoms with Gasteiger partial charge in [0, 0.05) is 11.1 Å². The lowest BCUT2D eigenvalue weighted by atomic mass is 10.2. The molecule has 2 rings (SSSR count). The minimum atomic E-state index is -3.90. The highest BCUT2D eigenvalue weighted by molar-refractivity contribution is 9.10. The monoisotopic (exact) mass is 363 g/mol. The Bertz CT molecular complexity index is 610. The van der Waals surface area contributed by atoms with Gasteiger partial charge in [-0.15, -0.1) is 0 Å². The number of hydrogen-bond donors (Lipinski definition) is 1. The van der Waals surface area contributed by atoms with Gasteiger partial charge in [-0.05, 0) is 47.0 Å². The Morgan fingerprint density at radius 3 is 2.85 bits per heavy atom. The molecule has 0 spiro atoms. The zero-order valence-electron chi connectivity index (χ0n) is 10.5. The maximum absolute atomic E-state index is 11.9. The molecular formula is C12H14BrNO5S. The van der Waals surface area contributed by atoms with Crippen LogP contribution in [0.3, 0.4) is 0 Å². The van der Waals surface area contributed by atoms with Crippen LogP contribution in [0.1, 0.15) is 23.2 Å². The molecule has 0 radical (unpaired) electrons. The zero-order chi connectivity index (χ0) is 14.8. The average Bonchev–Trinajstić information content (AvgIpc) is 2.88. The molecule has 0 aromatic heterocycles. The Morgan fingerprint density at radius 1 is 1.50 bits per heavy atom. The van der Waals surface area contributed by atoms with E-state index < -0.39 is 16.0 Å². The lowest BCUT2D eigenvalue weighted by Crippen LogP contribution is -2.18. The van der Waals surface area contributed by atoms with Crippen LogP contribution in [0, 0.1) is 0 Å². The highest BCUT2D eigenvalue weighted by Crippen LogP contribution is 2.22. The summed E-state index contributed by atoms with van der Waals surface area (Å²) < 4.78 is 33.5. The number of benzene rings is 1. The van der Waals surface area contributed by atoms with E-state index in [2.05, 4.69) is 15.9 Å². The van der Waals surface area contributed by atoms with E-state index in [1.807, 2.05) is 0 Å². The van der Waals surface area contributed by atoms with Crippen molar-refractivity contribution in [1.29, 1.82) is 0 Å². The summed E-state index contributed by atoms with van der Waals surface area (Å²) >= 11 is 3.08. The molecule has 1 saturated heterocycles. The van der Waals surface area contributed by atoms with E-state index in [-0.39, 0.29) is 23.2 Å². The molecule has 110 valence electrons. The lowest BCUT2D eigenvalue weighted by molar-refractivity contribution is 0.0161. The number of rotatable bonds is 4. The minimum absolute atomic E-state index is 0.0768. The second-order valence-corrected chi connectivity index (χ2v) is 6.81. The fourth-order valence-corrected chi connectivity index (χ4v) is 3.43. The van der Waals surface area contributed by atoms with Gasteiger partial charge in [0.1, 0.15) is 6.61 Å². The Hall–Kier alpha value is -0.960. The van der Waals surface area contributed by atoms with Crippen molar-refractivity contribution in [2.75, 3.05) is 13.2 Å². The standard InChI is InChI=1S/C12H14BrNO5S/c13-10-4-3-8(6-11(10)20(14,16)17)12(15)19-7-9-2-1-5-18-9/h3-4,6,9H,1-2,5,7H2,(H2,14,16,17). The molecule has 0 bridgehead atoms. The number of carbonyl (C=O) groups excluding carboxylic acids is 1. The second-order valence-electron chi connectivity index (χ2n) is 4.42. The van der Waals surface area contributed by atoms with Crippen LogP contribution in [0.15, 0.2) is 27.6 Å². The van der Waals surface area contributed by atoms with Crippen molar-refractivity contribution in [2.45, 2.75) is 23.8 Å². The number of carbonyl (C=O) groups is 1. The number of ether oxygens (including phenoxy) is 2. The van der Waals surface area contributed by atoms with Crippen LogP contribution in [0.4, 0.5) is 0 Å². The van der Waals surface area contributed by atoms with Crippen molar-refractivity contribution in [3.8, 4) is 0 Å². The van der Waals surface area contributed by atoms with Gasteiger partial charge in [-0.2, -0.15) is 0 Å². The van der Waals surface area contributed by atoms with Gasteiger partial charge in [-0.3, -0.25) is 0 Å². The van der Waals surface area contributed by atoms with E-state index in [9.17, 15) is 13.2 Å². The maximum atomic E-state index is 11.9. The van der Waals surface area contributed by atoms with E-state index in [1.54, 1.807) is 0 Å². The van der Waals surface area contributed by atoms with E-state index in [0.717, 1.165) is 12.8 Å². The summed E-state index contributed by atoms with van der Waals surface area (Å²) in [5.41, 5.74) is 0.134. The third kappa shape index (κ3) is 3.78. The van der Waals surface area contributed by atoms with E-state index >= 15 is 0 Å². The van der Waals surface area contributed by atoms with Crippen LogP contribution >= 0.6 is 15.9 Å². The summed E-state index contributed by atoms with van der Waals surface area (Å²) in [4.78, 5) is 11.7. The maximum Gasteiger partial charge on any atom is 0.338 e. The first kappa shape index (κ1) is 15.4. The van der Waals surface area contributed by atoms with Crippen LogP contribution in [0.25, 0.3) is 0 Å². The molecule has 2 N–H and O–H groups in total. The Morgan fingerprint density at radius 2 is 2.25 bits per heavy atom. The molecule has 8 heteroatoms. The summed E-state index contributed by atoms with van der Waals surface area (Å²) in [6, 6.07) is 4.11. The fourth-order valence-electron chi connectivity index (χ4n) is 1.88. The van der Waals surface area contributed by atoms with Gasteiger partial charge in [0.2, 0.25) is 10.0 Å². The second kappa shape index (κ2) is 6.21. The normalized spacial score (nSPS) is 19.0. The molecule has 0 amide bonds. The van der Waals surface area contributed by atoms with Crippen molar-refractivity contribution in [3.63, 3.8) is 0 Å². The van der Waals surface area contributed by atoms with Gasteiger partial charge in [-0.25, -0.2) is 18.4 Å². The summed E-state index contributed by atoms with van der Waals surface area (Å²) in [6.45, 7) is 0.843. The highest BCUT2D eigenvalue weighted by atomic mass is 79.9. The Kier molecular flexibility index (Phi) is 4.79. The van der Waals surface area contributed by atoms with Crippen molar-refractivity contribution in [1.82, 2.24) is 0 Å². The molecule has 1 unspecified atom stereocenters. The number of sulfonamides is 1.